The average molecular weight is 281 g/mol. The highest BCUT2D eigenvalue weighted by atomic mass is 16.5. The predicted molar refractivity (Wildman–Crippen MR) is 85.9 cm³/mol. The Labute approximate surface area is 126 Å². The van der Waals surface area contributed by atoms with E-state index in [1.807, 2.05) is 0 Å². The van der Waals surface area contributed by atoms with Crippen molar-refractivity contribution in [2.45, 2.75) is 90.8 Å². The predicted octanol–water partition coefficient (Wildman–Crippen LogP) is 4.38. The minimum atomic E-state index is 0.504. The molecule has 2 nitrogen and oxygen atoms in total. The fraction of sp³-hybridized carbons (Fsp3) is 1.00. The van der Waals surface area contributed by atoms with Crippen LogP contribution in [0.15, 0.2) is 0 Å². The second kappa shape index (κ2) is 7.79. The summed E-state index contributed by atoms with van der Waals surface area (Å²) in [5, 5.41) is 4.03. The normalized spacial score (nSPS) is 39.1. The van der Waals surface area contributed by atoms with Gasteiger partial charge in [-0.15, -0.1) is 0 Å². The van der Waals surface area contributed by atoms with Crippen molar-refractivity contribution in [1.82, 2.24) is 5.32 Å². The van der Waals surface area contributed by atoms with E-state index in [9.17, 15) is 0 Å². The van der Waals surface area contributed by atoms with Gasteiger partial charge in [0.05, 0.1) is 6.10 Å². The fourth-order valence-electron chi connectivity index (χ4n) is 4.25. The molecule has 1 saturated carbocycles. The first kappa shape index (κ1) is 16.3. The summed E-state index contributed by atoms with van der Waals surface area (Å²) >= 11 is 0. The molecule has 0 aromatic carbocycles. The van der Waals surface area contributed by atoms with Crippen LogP contribution in [-0.2, 0) is 4.74 Å². The largest absolute Gasteiger partial charge is 0.378 e. The molecule has 1 aliphatic heterocycles. The minimum absolute atomic E-state index is 0.504. The maximum Gasteiger partial charge on any atom is 0.0589 e. The molecule has 5 unspecified atom stereocenters. The molecule has 0 radical (unpaired) electrons. The van der Waals surface area contributed by atoms with Gasteiger partial charge in [0.1, 0.15) is 0 Å². The highest BCUT2D eigenvalue weighted by molar-refractivity contribution is 4.89. The van der Waals surface area contributed by atoms with E-state index >= 15 is 0 Å². The third-order valence-electron chi connectivity index (χ3n) is 5.45. The molecule has 2 rings (SSSR count). The molecule has 0 bridgehead atoms. The highest BCUT2D eigenvalue weighted by Gasteiger charge is 2.33. The molecule has 1 N–H and O–H groups in total. The Morgan fingerprint density at radius 1 is 1.15 bits per heavy atom. The van der Waals surface area contributed by atoms with Crippen LogP contribution in [0.25, 0.3) is 0 Å². The van der Waals surface area contributed by atoms with Gasteiger partial charge in [0.25, 0.3) is 0 Å². The maximum atomic E-state index is 5.89. The zero-order valence-electron chi connectivity index (χ0n) is 14.0. The van der Waals surface area contributed by atoms with Crippen molar-refractivity contribution in [2.24, 2.45) is 17.8 Å². The number of nitrogens with one attached hydrogen (secondary N) is 1. The molecule has 0 spiro atoms. The van der Waals surface area contributed by atoms with Crippen molar-refractivity contribution < 1.29 is 4.74 Å². The monoisotopic (exact) mass is 281 g/mol. The van der Waals surface area contributed by atoms with Gasteiger partial charge in [0, 0.05) is 18.7 Å². The lowest BCUT2D eigenvalue weighted by Crippen LogP contribution is -2.50. The average Bonchev–Trinajstić information content (AvgIpc) is 2.39. The van der Waals surface area contributed by atoms with Gasteiger partial charge >= 0.3 is 0 Å². The third kappa shape index (κ3) is 4.46. The molecule has 0 aromatic rings. The summed E-state index contributed by atoms with van der Waals surface area (Å²) < 4.78 is 5.89. The van der Waals surface area contributed by atoms with E-state index in [1.165, 1.54) is 44.9 Å². The summed E-state index contributed by atoms with van der Waals surface area (Å²) in [5.41, 5.74) is 0. The van der Waals surface area contributed by atoms with E-state index < -0.39 is 0 Å². The Hall–Kier alpha value is -0.0800. The maximum absolute atomic E-state index is 5.89. The lowest BCUT2D eigenvalue weighted by Gasteiger charge is -2.41. The molecule has 20 heavy (non-hydrogen) atoms. The number of ether oxygens (including phenoxy) is 1. The van der Waals surface area contributed by atoms with Gasteiger partial charge in [-0.3, -0.25) is 0 Å². The summed E-state index contributed by atoms with van der Waals surface area (Å²) in [4.78, 5) is 0. The first-order chi connectivity index (χ1) is 9.60. The summed E-state index contributed by atoms with van der Waals surface area (Å²) in [7, 11) is 0. The Bertz CT molecular complexity index is 277. The van der Waals surface area contributed by atoms with Crippen molar-refractivity contribution in [3.05, 3.63) is 0 Å². The summed E-state index contributed by atoms with van der Waals surface area (Å²) in [6.45, 7) is 10.4. The Morgan fingerprint density at radius 2 is 1.95 bits per heavy atom. The van der Waals surface area contributed by atoms with Crippen LogP contribution in [0.4, 0.5) is 0 Å². The van der Waals surface area contributed by atoms with Crippen molar-refractivity contribution >= 4 is 0 Å². The smallest absolute Gasteiger partial charge is 0.0589 e. The molecule has 2 aliphatic rings. The molecule has 2 fully saturated rings. The van der Waals surface area contributed by atoms with Gasteiger partial charge in [-0.25, -0.2) is 0 Å². The Balaban J connectivity index is 1.88. The van der Waals surface area contributed by atoms with E-state index in [0.717, 1.165) is 30.4 Å². The van der Waals surface area contributed by atoms with Crippen molar-refractivity contribution in [2.75, 3.05) is 6.61 Å². The fourth-order valence-corrected chi connectivity index (χ4v) is 4.25. The molecule has 0 amide bonds. The van der Waals surface area contributed by atoms with Crippen LogP contribution in [0.2, 0.25) is 0 Å². The summed E-state index contributed by atoms with van der Waals surface area (Å²) in [6.07, 6.45) is 9.62. The summed E-state index contributed by atoms with van der Waals surface area (Å²) in [6, 6.07) is 1.43. The van der Waals surface area contributed by atoms with Crippen molar-refractivity contribution in [3.8, 4) is 0 Å². The van der Waals surface area contributed by atoms with Crippen LogP contribution in [0.5, 0.6) is 0 Å². The zero-order chi connectivity index (χ0) is 14.5. The highest BCUT2D eigenvalue weighted by Crippen LogP contribution is 2.34. The number of hydrogen-bond donors (Lipinski definition) is 1. The second-order valence-corrected chi connectivity index (χ2v) is 7.60. The van der Waals surface area contributed by atoms with Gasteiger partial charge in [0.2, 0.25) is 0 Å². The first-order valence-electron chi connectivity index (χ1n) is 8.97. The topological polar surface area (TPSA) is 21.3 Å². The molecule has 0 aromatic heterocycles. The van der Waals surface area contributed by atoms with Crippen LogP contribution in [0.3, 0.4) is 0 Å². The van der Waals surface area contributed by atoms with Gasteiger partial charge in [-0.1, -0.05) is 40.5 Å². The molecule has 118 valence electrons. The molecule has 5 atom stereocenters. The van der Waals surface area contributed by atoms with E-state index in [4.69, 9.17) is 4.74 Å². The van der Waals surface area contributed by atoms with E-state index in [1.54, 1.807) is 0 Å². The van der Waals surface area contributed by atoms with Gasteiger partial charge in [-0.2, -0.15) is 0 Å². The van der Waals surface area contributed by atoms with Gasteiger partial charge in [0.15, 0.2) is 0 Å². The molecule has 2 heteroatoms. The van der Waals surface area contributed by atoms with Gasteiger partial charge in [-0.05, 0) is 49.9 Å². The number of hydrogen-bond acceptors (Lipinski definition) is 2. The Morgan fingerprint density at radius 3 is 2.65 bits per heavy atom. The van der Waals surface area contributed by atoms with Crippen LogP contribution in [0.1, 0.15) is 72.6 Å². The SMILES string of the molecule is CCCC1CC(NC2CC(C)CCC2C(C)C)CCO1. The van der Waals surface area contributed by atoms with Crippen molar-refractivity contribution in [1.29, 1.82) is 0 Å². The molecule has 1 saturated heterocycles. The quantitative estimate of drug-likeness (QED) is 0.807. The molecular weight excluding hydrogens is 246 g/mol. The summed E-state index contributed by atoms with van der Waals surface area (Å²) in [5.74, 6) is 2.58. The zero-order valence-corrected chi connectivity index (χ0v) is 14.0. The van der Waals surface area contributed by atoms with Crippen LogP contribution in [-0.4, -0.2) is 24.8 Å². The van der Waals surface area contributed by atoms with Crippen LogP contribution in [0, 0.1) is 17.8 Å². The van der Waals surface area contributed by atoms with Crippen LogP contribution < -0.4 is 5.32 Å². The second-order valence-electron chi connectivity index (χ2n) is 7.60. The molecular formula is C18H35NO. The van der Waals surface area contributed by atoms with Gasteiger partial charge < -0.3 is 10.1 Å². The molecule has 1 aliphatic carbocycles. The van der Waals surface area contributed by atoms with E-state index in [-0.39, 0.29) is 0 Å². The third-order valence-corrected chi connectivity index (χ3v) is 5.45. The lowest BCUT2D eigenvalue weighted by molar-refractivity contribution is -0.00912. The number of rotatable bonds is 5. The van der Waals surface area contributed by atoms with E-state index in [0.29, 0.717) is 12.1 Å². The minimum Gasteiger partial charge on any atom is -0.378 e. The lowest BCUT2D eigenvalue weighted by atomic mass is 9.73. The molecule has 1 heterocycles. The Kier molecular flexibility index (Phi) is 6.35. The van der Waals surface area contributed by atoms with Crippen LogP contribution >= 0.6 is 0 Å². The standard InChI is InChI=1S/C18H35NO/c1-5-6-16-12-15(9-10-20-16)19-18-11-14(4)7-8-17(18)13(2)3/h13-19H,5-12H2,1-4H3. The van der Waals surface area contributed by atoms with E-state index in [2.05, 4.69) is 33.0 Å². The van der Waals surface area contributed by atoms with Crippen molar-refractivity contribution in [3.63, 3.8) is 0 Å². The first-order valence-corrected chi connectivity index (χ1v) is 8.97.